The van der Waals surface area contributed by atoms with Gasteiger partial charge in [-0.05, 0) is 77.6 Å². The first kappa shape index (κ1) is 19.9. The molecule has 1 amide bonds. The lowest BCUT2D eigenvalue weighted by Gasteiger charge is -2.14. The van der Waals surface area contributed by atoms with E-state index in [1.54, 1.807) is 12.1 Å². The highest BCUT2D eigenvalue weighted by atomic mass is 19.4. The molecule has 3 aromatic rings. The topological polar surface area (TPSA) is 54.0 Å². The zero-order valence-corrected chi connectivity index (χ0v) is 16.1. The van der Waals surface area contributed by atoms with E-state index in [2.05, 4.69) is 15.6 Å². The number of nitrogens with zero attached hydrogens (tertiary/aromatic N) is 1. The zero-order valence-electron chi connectivity index (χ0n) is 16.1. The maximum Gasteiger partial charge on any atom is 0.416 e. The molecule has 154 valence electrons. The first-order valence-electron chi connectivity index (χ1n) is 9.67. The number of carbonyl (C=O) groups excluding carboxylic acids is 1. The van der Waals surface area contributed by atoms with E-state index in [0.29, 0.717) is 23.1 Å². The molecule has 0 bridgehead atoms. The molecule has 30 heavy (non-hydrogen) atoms. The Kier molecular flexibility index (Phi) is 5.44. The van der Waals surface area contributed by atoms with Gasteiger partial charge in [-0.15, -0.1) is 0 Å². The summed E-state index contributed by atoms with van der Waals surface area (Å²) in [5.74, 6) is -0.179. The Morgan fingerprint density at radius 1 is 1.07 bits per heavy atom. The SMILES string of the molecule is O=C(CCc1ccc(C(F)(F)F)cc1-c1ccncc1)Nc1ccc2c(c1)CCN2. The summed E-state index contributed by atoms with van der Waals surface area (Å²) < 4.78 is 39.6. The molecule has 1 aliphatic rings. The molecule has 2 aromatic carbocycles. The van der Waals surface area contributed by atoms with E-state index in [-0.39, 0.29) is 12.3 Å². The second-order valence-electron chi connectivity index (χ2n) is 7.20. The molecular weight excluding hydrogens is 391 g/mol. The van der Waals surface area contributed by atoms with E-state index in [1.807, 2.05) is 18.2 Å². The second kappa shape index (κ2) is 8.18. The number of pyridine rings is 1. The number of halogens is 3. The summed E-state index contributed by atoms with van der Waals surface area (Å²) in [6, 6.07) is 12.7. The lowest BCUT2D eigenvalue weighted by atomic mass is 9.95. The molecule has 4 nitrogen and oxygen atoms in total. The number of benzene rings is 2. The van der Waals surface area contributed by atoms with Gasteiger partial charge >= 0.3 is 6.18 Å². The van der Waals surface area contributed by atoms with Gasteiger partial charge in [0.2, 0.25) is 5.91 Å². The van der Waals surface area contributed by atoms with E-state index < -0.39 is 11.7 Å². The van der Waals surface area contributed by atoms with Gasteiger partial charge in [-0.1, -0.05) is 6.07 Å². The van der Waals surface area contributed by atoms with Crippen LogP contribution >= 0.6 is 0 Å². The van der Waals surface area contributed by atoms with Crippen molar-refractivity contribution in [2.24, 2.45) is 0 Å². The van der Waals surface area contributed by atoms with Gasteiger partial charge in [-0.2, -0.15) is 13.2 Å². The normalized spacial score (nSPS) is 12.9. The number of hydrogen-bond donors (Lipinski definition) is 2. The summed E-state index contributed by atoms with van der Waals surface area (Å²) in [4.78, 5) is 16.4. The van der Waals surface area contributed by atoms with Crippen LogP contribution in [0.25, 0.3) is 11.1 Å². The molecule has 1 aliphatic heterocycles. The first-order valence-corrected chi connectivity index (χ1v) is 9.67. The third-order valence-electron chi connectivity index (χ3n) is 5.15. The minimum absolute atomic E-state index is 0.165. The van der Waals surface area contributed by atoms with Gasteiger partial charge in [0.1, 0.15) is 0 Å². The van der Waals surface area contributed by atoms with Crippen LogP contribution in [0.4, 0.5) is 24.5 Å². The van der Waals surface area contributed by atoms with Crippen molar-refractivity contribution in [3.63, 3.8) is 0 Å². The third kappa shape index (κ3) is 4.45. The fourth-order valence-electron chi connectivity index (χ4n) is 3.63. The summed E-state index contributed by atoms with van der Waals surface area (Å²) in [7, 11) is 0. The fourth-order valence-corrected chi connectivity index (χ4v) is 3.63. The standard InChI is InChI=1S/C23H20F3N3O/c24-23(25,26)18-3-1-15(20(14-18)16-7-10-27-11-8-16)2-6-22(30)29-19-4-5-21-17(13-19)9-12-28-21/h1,3-5,7-8,10-11,13-14,28H,2,6,9,12H2,(H,29,30). The van der Waals surface area contributed by atoms with Crippen LogP contribution in [0.5, 0.6) is 0 Å². The van der Waals surface area contributed by atoms with E-state index in [9.17, 15) is 18.0 Å². The van der Waals surface area contributed by atoms with Crippen molar-refractivity contribution in [2.75, 3.05) is 17.2 Å². The van der Waals surface area contributed by atoms with Crippen LogP contribution < -0.4 is 10.6 Å². The smallest absolute Gasteiger partial charge is 0.384 e. The third-order valence-corrected chi connectivity index (χ3v) is 5.15. The second-order valence-corrected chi connectivity index (χ2v) is 7.20. The van der Waals surface area contributed by atoms with Crippen LogP contribution in [0.2, 0.25) is 0 Å². The number of amides is 1. The average Bonchev–Trinajstić information content (AvgIpc) is 3.20. The maximum atomic E-state index is 13.2. The molecule has 4 rings (SSSR count). The van der Waals surface area contributed by atoms with Crippen molar-refractivity contribution in [3.8, 4) is 11.1 Å². The first-order chi connectivity index (χ1) is 14.4. The summed E-state index contributed by atoms with van der Waals surface area (Å²) in [5.41, 5.74) is 4.04. The maximum absolute atomic E-state index is 13.2. The fraction of sp³-hybridized carbons (Fsp3) is 0.217. The molecule has 7 heteroatoms. The van der Waals surface area contributed by atoms with Crippen molar-refractivity contribution >= 4 is 17.3 Å². The monoisotopic (exact) mass is 411 g/mol. The van der Waals surface area contributed by atoms with Gasteiger partial charge in [0.25, 0.3) is 0 Å². The highest BCUT2D eigenvalue weighted by Gasteiger charge is 2.31. The Bertz CT molecular complexity index is 1070. The number of aryl methyl sites for hydroxylation is 1. The predicted molar refractivity (Wildman–Crippen MR) is 110 cm³/mol. The number of nitrogens with one attached hydrogen (secondary N) is 2. The summed E-state index contributed by atoms with van der Waals surface area (Å²) in [5, 5.41) is 6.15. The number of fused-ring (bicyclic) bond motifs is 1. The average molecular weight is 411 g/mol. The van der Waals surface area contributed by atoms with Crippen molar-refractivity contribution < 1.29 is 18.0 Å². The van der Waals surface area contributed by atoms with Crippen LogP contribution in [0.1, 0.15) is 23.1 Å². The van der Waals surface area contributed by atoms with Crippen LogP contribution in [0.15, 0.2) is 60.9 Å². The highest BCUT2D eigenvalue weighted by Crippen LogP contribution is 2.34. The van der Waals surface area contributed by atoms with E-state index in [1.165, 1.54) is 18.5 Å². The Labute approximate surface area is 172 Å². The van der Waals surface area contributed by atoms with Gasteiger partial charge in [-0.3, -0.25) is 9.78 Å². The molecule has 0 aliphatic carbocycles. The molecule has 0 spiro atoms. The molecule has 2 heterocycles. The summed E-state index contributed by atoms with van der Waals surface area (Å²) >= 11 is 0. The number of hydrogen-bond acceptors (Lipinski definition) is 3. The van der Waals surface area contributed by atoms with Gasteiger partial charge in [0.15, 0.2) is 0 Å². The number of carbonyl (C=O) groups is 1. The molecule has 0 saturated carbocycles. The van der Waals surface area contributed by atoms with Crippen molar-refractivity contribution in [2.45, 2.75) is 25.4 Å². The van der Waals surface area contributed by atoms with E-state index >= 15 is 0 Å². The Balaban J connectivity index is 1.50. The number of anilines is 2. The molecule has 0 atom stereocenters. The van der Waals surface area contributed by atoms with Crippen molar-refractivity contribution in [1.82, 2.24) is 4.98 Å². The number of rotatable bonds is 5. The molecule has 0 saturated heterocycles. The largest absolute Gasteiger partial charge is 0.416 e. The minimum atomic E-state index is -4.43. The van der Waals surface area contributed by atoms with Crippen LogP contribution in [-0.2, 0) is 23.8 Å². The van der Waals surface area contributed by atoms with Crippen molar-refractivity contribution in [3.05, 3.63) is 77.6 Å². The summed E-state index contributed by atoms with van der Waals surface area (Å²) in [6.07, 6.45) is 0.0521. The molecule has 1 aromatic heterocycles. The van der Waals surface area contributed by atoms with Gasteiger partial charge in [-0.25, -0.2) is 0 Å². The lowest BCUT2D eigenvalue weighted by Crippen LogP contribution is -2.13. The number of aromatic nitrogens is 1. The molecule has 2 N–H and O–H groups in total. The Morgan fingerprint density at radius 2 is 1.87 bits per heavy atom. The molecule has 0 fully saturated rings. The van der Waals surface area contributed by atoms with Crippen LogP contribution in [-0.4, -0.2) is 17.4 Å². The van der Waals surface area contributed by atoms with Gasteiger partial charge < -0.3 is 10.6 Å². The zero-order chi connectivity index (χ0) is 21.1. The Hall–Kier alpha value is -3.35. The molecular formula is C23H20F3N3O. The Morgan fingerprint density at radius 3 is 2.63 bits per heavy atom. The lowest BCUT2D eigenvalue weighted by molar-refractivity contribution is -0.137. The van der Waals surface area contributed by atoms with E-state index in [0.717, 1.165) is 42.0 Å². The van der Waals surface area contributed by atoms with Crippen molar-refractivity contribution in [1.29, 1.82) is 0 Å². The molecule has 0 unspecified atom stereocenters. The van der Waals surface area contributed by atoms with Crippen LogP contribution in [0, 0.1) is 0 Å². The molecule has 0 radical (unpaired) electrons. The van der Waals surface area contributed by atoms with Gasteiger partial charge in [0.05, 0.1) is 5.56 Å². The van der Waals surface area contributed by atoms with E-state index in [4.69, 9.17) is 0 Å². The predicted octanol–water partition coefficient (Wildman–Crippen LogP) is 5.31. The van der Waals surface area contributed by atoms with Crippen LogP contribution in [0.3, 0.4) is 0 Å². The minimum Gasteiger partial charge on any atom is -0.384 e. The number of alkyl halides is 3. The quantitative estimate of drug-likeness (QED) is 0.599. The highest BCUT2D eigenvalue weighted by molar-refractivity contribution is 5.91. The summed E-state index contributed by atoms with van der Waals surface area (Å²) in [6.45, 7) is 0.887. The van der Waals surface area contributed by atoms with Gasteiger partial charge in [0, 0.05) is 36.7 Å².